The third-order valence-corrected chi connectivity index (χ3v) is 6.04. The Morgan fingerprint density at radius 2 is 1.93 bits per heavy atom. The molecule has 0 spiro atoms. The molecule has 7 heteroatoms. The first-order chi connectivity index (χ1) is 13.9. The molecule has 6 nitrogen and oxygen atoms in total. The SMILES string of the molecule is CC1(C)CN(Cc2cc(=O)n3nc(-c4ccccc4)nc3[nH]2)c2cccc(Br)c21. The molecule has 2 aromatic heterocycles. The lowest BCUT2D eigenvalue weighted by molar-refractivity contribution is 0.546. The fraction of sp³-hybridized carbons (Fsp3) is 0.227. The van der Waals surface area contributed by atoms with E-state index in [2.05, 4.69) is 61.9 Å². The number of nitrogens with zero attached hydrogens (tertiary/aromatic N) is 4. The lowest BCUT2D eigenvalue weighted by Gasteiger charge is -2.22. The Morgan fingerprint density at radius 3 is 2.72 bits per heavy atom. The topological polar surface area (TPSA) is 66.3 Å². The van der Waals surface area contributed by atoms with Crippen molar-refractivity contribution >= 4 is 27.4 Å². The van der Waals surface area contributed by atoms with Crippen LogP contribution in [0, 0.1) is 0 Å². The van der Waals surface area contributed by atoms with Crippen LogP contribution >= 0.6 is 15.9 Å². The smallest absolute Gasteiger partial charge is 0.275 e. The number of rotatable bonds is 3. The number of fused-ring (bicyclic) bond motifs is 2. The van der Waals surface area contributed by atoms with E-state index in [4.69, 9.17) is 0 Å². The number of nitrogens with one attached hydrogen (secondary N) is 1. The monoisotopic (exact) mass is 449 g/mol. The third-order valence-electron chi connectivity index (χ3n) is 5.37. The number of aromatic nitrogens is 4. The molecule has 0 aliphatic carbocycles. The van der Waals surface area contributed by atoms with Crippen molar-refractivity contribution < 1.29 is 0 Å². The molecule has 0 unspecified atom stereocenters. The Bertz CT molecular complexity index is 1280. The molecule has 1 N–H and O–H groups in total. The van der Waals surface area contributed by atoms with Gasteiger partial charge in [0.2, 0.25) is 5.78 Å². The van der Waals surface area contributed by atoms with E-state index < -0.39 is 0 Å². The normalized spacial score (nSPS) is 15.1. The van der Waals surface area contributed by atoms with E-state index in [-0.39, 0.29) is 11.0 Å². The van der Waals surface area contributed by atoms with E-state index in [0.717, 1.165) is 22.3 Å². The average Bonchev–Trinajstić information content (AvgIpc) is 3.23. The Balaban J connectivity index is 1.53. The maximum absolute atomic E-state index is 12.7. The van der Waals surface area contributed by atoms with Gasteiger partial charge in [0.25, 0.3) is 5.56 Å². The zero-order valence-corrected chi connectivity index (χ0v) is 17.8. The van der Waals surface area contributed by atoms with Crippen LogP contribution < -0.4 is 10.5 Å². The fourth-order valence-electron chi connectivity index (χ4n) is 4.17. The van der Waals surface area contributed by atoms with Crippen molar-refractivity contribution in [1.82, 2.24) is 19.6 Å². The molecule has 3 heterocycles. The fourth-order valence-corrected chi connectivity index (χ4v) is 5.06. The van der Waals surface area contributed by atoms with E-state index in [1.54, 1.807) is 6.07 Å². The van der Waals surface area contributed by atoms with Crippen LogP contribution in [0.1, 0.15) is 25.1 Å². The summed E-state index contributed by atoms with van der Waals surface area (Å²) in [5.41, 5.74) is 4.03. The minimum atomic E-state index is -0.184. The van der Waals surface area contributed by atoms with Gasteiger partial charge in [0, 0.05) is 39.4 Å². The van der Waals surface area contributed by atoms with Gasteiger partial charge in [-0.1, -0.05) is 66.2 Å². The first-order valence-corrected chi connectivity index (χ1v) is 10.3. The van der Waals surface area contributed by atoms with E-state index in [9.17, 15) is 4.79 Å². The molecule has 0 atom stereocenters. The molecule has 29 heavy (non-hydrogen) atoms. The largest absolute Gasteiger partial charge is 0.365 e. The van der Waals surface area contributed by atoms with Crippen LogP contribution in [0.2, 0.25) is 0 Å². The van der Waals surface area contributed by atoms with Crippen molar-refractivity contribution in [2.24, 2.45) is 0 Å². The second-order valence-electron chi connectivity index (χ2n) is 8.04. The van der Waals surface area contributed by atoms with Crippen LogP contribution in [-0.2, 0) is 12.0 Å². The third kappa shape index (κ3) is 3.06. The first kappa shape index (κ1) is 18.1. The van der Waals surface area contributed by atoms with Crippen LogP contribution in [0.3, 0.4) is 0 Å². The van der Waals surface area contributed by atoms with Gasteiger partial charge in [-0.3, -0.25) is 4.79 Å². The minimum absolute atomic E-state index is 0.0230. The van der Waals surface area contributed by atoms with Gasteiger partial charge in [-0.25, -0.2) is 0 Å². The Hall–Kier alpha value is -2.93. The molecule has 1 aliphatic heterocycles. The Labute approximate surface area is 176 Å². The second kappa shape index (κ2) is 6.56. The minimum Gasteiger partial charge on any atom is -0.365 e. The number of halogens is 1. The number of hydrogen-bond donors (Lipinski definition) is 1. The molecule has 0 fully saturated rings. The maximum atomic E-state index is 12.7. The number of aromatic amines is 1. The molecular formula is C22H20BrN5O. The summed E-state index contributed by atoms with van der Waals surface area (Å²) in [5.74, 6) is 0.993. The summed E-state index contributed by atoms with van der Waals surface area (Å²) in [5, 5.41) is 4.37. The van der Waals surface area contributed by atoms with Gasteiger partial charge in [0.15, 0.2) is 5.82 Å². The highest BCUT2D eigenvalue weighted by molar-refractivity contribution is 9.10. The molecule has 0 bridgehead atoms. The van der Waals surface area contributed by atoms with Gasteiger partial charge < -0.3 is 9.88 Å². The van der Waals surface area contributed by atoms with E-state index in [0.29, 0.717) is 18.1 Å². The first-order valence-electron chi connectivity index (χ1n) is 9.51. The standard InChI is InChI=1S/C22H20BrN5O/c1-22(2)13-27(17-10-6-9-16(23)19(17)22)12-15-11-18(29)28-21(24-15)25-20(26-28)14-7-4-3-5-8-14/h3-11H,12-13H2,1-2H3,(H,24,25,26). The number of hydrogen-bond acceptors (Lipinski definition) is 4. The van der Waals surface area contributed by atoms with Gasteiger partial charge in [-0.05, 0) is 17.7 Å². The summed E-state index contributed by atoms with van der Waals surface area (Å²) >= 11 is 3.70. The molecule has 5 rings (SSSR count). The summed E-state index contributed by atoms with van der Waals surface area (Å²) < 4.78 is 2.45. The van der Waals surface area contributed by atoms with Crippen molar-refractivity contribution in [3.05, 3.63) is 80.7 Å². The van der Waals surface area contributed by atoms with Crippen LogP contribution in [-0.4, -0.2) is 26.1 Å². The van der Waals surface area contributed by atoms with Crippen LogP contribution in [0.25, 0.3) is 17.2 Å². The quantitative estimate of drug-likeness (QED) is 0.510. The summed E-state index contributed by atoms with van der Waals surface area (Å²) in [6, 6.07) is 17.5. The molecule has 1 aliphatic rings. The molecule has 146 valence electrons. The van der Waals surface area contributed by atoms with Crippen molar-refractivity contribution in [1.29, 1.82) is 0 Å². The van der Waals surface area contributed by atoms with E-state index >= 15 is 0 Å². The molecular weight excluding hydrogens is 430 g/mol. The van der Waals surface area contributed by atoms with Gasteiger partial charge in [-0.2, -0.15) is 9.50 Å². The summed E-state index contributed by atoms with van der Waals surface area (Å²) in [6.45, 7) is 5.96. The summed E-state index contributed by atoms with van der Waals surface area (Å²) in [4.78, 5) is 22.8. The van der Waals surface area contributed by atoms with Crippen LogP contribution in [0.4, 0.5) is 5.69 Å². The highest BCUT2D eigenvalue weighted by atomic mass is 79.9. The van der Waals surface area contributed by atoms with Crippen molar-refractivity contribution in [2.45, 2.75) is 25.8 Å². The molecule has 2 aromatic carbocycles. The zero-order valence-electron chi connectivity index (χ0n) is 16.2. The van der Waals surface area contributed by atoms with Gasteiger partial charge in [0.1, 0.15) is 0 Å². The van der Waals surface area contributed by atoms with Crippen molar-refractivity contribution in [3.63, 3.8) is 0 Å². The molecule has 0 amide bonds. The molecule has 0 saturated heterocycles. The zero-order chi connectivity index (χ0) is 20.2. The predicted molar refractivity (Wildman–Crippen MR) is 117 cm³/mol. The number of anilines is 1. The van der Waals surface area contributed by atoms with E-state index in [1.165, 1.54) is 15.8 Å². The van der Waals surface area contributed by atoms with Gasteiger partial charge >= 0.3 is 0 Å². The predicted octanol–water partition coefficient (Wildman–Crippen LogP) is 4.14. The van der Waals surface area contributed by atoms with Gasteiger partial charge in [0.05, 0.1) is 6.54 Å². The lowest BCUT2D eigenvalue weighted by Crippen LogP contribution is -2.29. The highest BCUT2D eigenvalue weighted by Crippen LogP contribution is 2.44. The Morgan fingerprint density at radius 1 is 1.14 bits per heavy atom. The average molecular weight is 450 g/mol. The maximum Gasteiger partial charge on any atom is 0.275 e. The van der Waals surface area contributed by atoms with Crippen LogP contribution in [0.15, 0.2) is 63.9 Å². The second-order valence-corrected chi connectivity index (χ2v) is 8.90. The highest BCUT2D eigenvalue weighted by Gasteiger charge is 2.36. The molecule has 0 radical (unpaired) electrons. The molecule has 4 aromatic rings. The van der Waals surface area contributed by atoms with Crippen molar-refractivity contribution in [3.8, 4) is 11.4 Å². The lowest BCUT2D eigenvalue weighted by atomic mass is 9.87. The molecule has 0 saturated carbocycles. The Kier molecular flexibility index (Phi) is 4.10. The van der Waals surface area contributed by atoms with E-state index in [1.807, 2.05) is 36.4 Å². The number of benzene rings is 2. The van der Waals surface area contributed by atoms with Gasteiger partial charge in [-0.15, -0.1) is 5.10 Å². The summed E-state index contributed by atoms with van der Waals surface area (Å²) in [6.07, 6.45) is 0. The van der Waals surface area contributed by atoms with Crippen molar-refractivity contribution in [2.75, 3.05) is 11.4 Å². The van der Waals surface area contributed by atoms with Crippen LogP contribution in [0.5, 0.6) is 0 Å². The number of H-pyrrole nitrogens is 1. The summed E-state index contributed by atoms with van der Waals surface area (Å²) in [7, 11) is 0.